The van der Waals surface area contributed by atoms with Crippen molar-refractivity contribution in [2.75, 3.05) is 6.54 Å². The van der Waals surface area contributed by atoms with Crippen molar-refractivity contribution >= 4 is 5.78 Å². The Morgan fingerprint density at radius 1 is 1.62 bits per heavy atom. The average molecular weight is 181 g/mol. The van der Waals surface area contributed by atoms with E-state index < -0.39 is 0 Å². The molecule has 1 rings (SSSR count). The molecular weight excluding hydrogens is 166 g/mol. The van der Waals surface area contributed by atoms with E-state index in [0.29, 0.717) is 18.8 Å². The van der Waals surface area contributed by atoms with E-state index in [1.165, 1.54) is 0 Å². The summed E-state index contributed by atoms with van der Waals surface area (Å²) in [6.45, 7) is 0.647. The maximum atomic E-state index is 11.5. The number of rotatable bonds is 5. The molecule has 4 heteroatoms. The van der Waals surface area contributed by atoms with Crippen LogP contribution >= 0.6 is 0 Å². The number of hydrogen-bond donors (Lipinski definition) is 1. The molecule has 0 aliphatic rings. The second kappa shape index (κ2) is 4.77. The maximum absolute atomic E-state index is 11.5. The van der Waals surface area contributed by atoms with E-state index in [4.69, 9.17) is 5.73 Å². The topological polar surface area (TPSA) is 60.9 Å². The zero-order valence-electron chi connectivity index (χ0n) is 7.86. The van der Waals surface area contributed by atoms with Gasteiger partial charge in [-0.1, -0.05) is 0 Å². The van der Waals surface area contributed by atoms with Crippen LogP contribution in [0, 0.1) is 0 Å². The van der Waals surface area contributed by atoms with Gasteiger partial charge in [-0.15, -0.1) is 0 Å². The Hall–Kier alpha value is -1.16. The van der Waals surface area contributed by atoms with Gasteiger partial charge in [-0.3, -0.25) is 4.79 Å². The Kier molecular flexibility index (Phi) is 3.64. The molecule has 0 bridgehead atoms. The minimum atomic E-state index is 0.0981. The lowest BCUT2D eigenvalue weighted by Gasteiger charge is -1.99. The number of carbonyl (C=O) groups is 1. The fraction of sp³-hybridized carbons (Fsp3) is 0.556. The highest BCUT2D eigenvalue weighted by Crippen LogP contribution is 2.03. The summed E-state index contributed by atoms with van der Waals surface area (Å²) in [5.41, 5.74) is 5.33. The molecule has 0 atom stereocenters. The molecule has 0 amide bonds. The highest BCUT2D eigenvalue weighted by Gasteiger charge is 2.09. The summed E-state index contributed by atoms with van der Waals surface area (Å²) in [6.07, 6.45) is 5.70. The maximum Gasteiger partial charge on any atom is 0.198 e. The number of aromatic nitrogens is 2. The van der Waals surface area contributed by atoms with Crippen LogP contribution < -0.4 is 5.73 Å². The zero-order chi connectivity index (χ0) is 9.68. The summed E-state index contributed by atoms with van der Waals surface area (Å²) in [6, 6.07) is 0. The minimum absolute atomic E-state index is 0.0981. The SMILES string of the molecule is Cn1ccnc1C(=O)CCCCN. The first kappa shape index (κ1) is 9.92. The minimum Gasteiger partial charge on any atom is -0.332 e. The lowest BCUT2D eigenvalue weighted by atomic mass is 10.1. The third-order valence-corrected chi connectivity index (χ3v) is 1.93. The Balaban J connectivity index is 2.45. The molecule has 0 saturated heterocycles. The van der Waals surface area contributed by atoms with Crippen LogP contribution in [0.3, 0.4) is 0 Å². The van der Waals surface area contributed by atoms with Crippen molar-refractivity contribution in [3.05, 3.63) is 18.2 Å². The normalized spacial score (nSPS) is 10.3. The molecule has 4 nitrogen and oxygen atoms in total. The molecule has 0 spiro atoms. The second-order valence-electron chi connectivity index (χ2n) is 3.03. The number of nitrogens with two attached hydrogens (primary N) is 1. The molecule has 1 heterocycles. The predicted octanol–water partition coefficient (Wildman–Crippen LogP) is 0.732. The van der Waals surface area contributed by atoms with E-state index in [2.05, 4.69) is 4.98 Å². The van der Waals surface area contributed by atoms with Gasteiger partial charge in [0.1, 0.15) is 0 Å². The number of hydrogen-bond acceptors (Lipinski definition) is 3. The van der Waals surface area contributed by atoms with Gasteiger partial charge in [0.05, 0.1) is 0 Å². The number of ketones is 1. The van der Waals surface area contributed by atoms with E-state index in [1.54, 1.807) is 17.0 Å². The lowest BCUT2D eigenvalue weighted by Crippen LogP contribution is -2.08. The third kappa shape index (κ3) is 2.66. The molecular formula is C9H15N3O. The molecule has 72 valence electrons. The second-order valence-corrected chi connectivity index (χ2v) is 3.03. The van der Waals surface area contributed by atoms with Crippen LogP contribution in [0.5, 0.6) is 0 Å². The van der Waals surface area contributed by atoms with Crippen molar-refractivity contribution in [2.45, 2.75) is 19.3 Å². The van der Waals surface area contributed by atoms with Gasteiger partial charge in [0.25, 0.3) is 0 Å². The molecule has 0 fully saturated rings. The Morgan fingerprint density at radius 3 is 2.92 bits per heavy atom. The Morgan fingerprint density at radius 2 is 2.38 bits per heavy atom. The lowest BCUT2D eigenvalue weighted by molar-refractivity contribution is 0.0966. The number of imidazole rings is 1. The van der Waals surface area contributed by atoms with E-state index in [0.717, 1.165) is 12.8 Å². The average Bonchev–Trinajstić information content (AvgIpc) is 2.52. The molecule has 2 N–H and O–H groups in total. The smallest absolute Gasteiger partial charge is 0.198 e. The van der Waals surface area contributed by atoms with Crippen LogP contribution in [-0.4, -0.2) is 21.9 Å². The fourth-order valence-electron chi connectivity index (χ4n) is 1.18. The molecule has 0 aliphatic carbocycles. The number of carbonyl (C=O) groups excluding carboxylic acids is 1. The first-order valence-electron chi connectivity index (χ1n) is 4.46. The summed E-state index contributed by atoms with van der Waals surface area (Å²) in [5, 5.41) is 0. The largest absolute Gasteiger partial charge is 0.332 e. The van der Waals surface area contributed by atoms with E-state index >= 15 is 0 Å². The monoisotopic (exact) mass is 181 g/mol. The molecule has 0 saturated carbocycles. The van der Waals surface area contributed by atoms with Crippen LogP contribution in [0.15, 0.2) is 12.4 Å². The van der Waals surface area contributed by atoms with Crippen molar-refractivity contribution in [3.63, 3.8) is 0 Å². The molecule has 0 aromatic carbocycles. The standard InChI is InChI=1S/C9H15N3O/c1-12-7-6-11-9(12)8(13)4-2-3-5-10/h6-7H,2-5,10H2,1H3. The fourth-order valence-corrected chi connectivity index (χ4v) is 1.18. The Labute approximate surface area is 77.8 Å². The summed E-state index contributed by atoms with van der Waals surface area (Å²) in [4.78, 5) is 15.5. The number of Topliss-reactive ketones (excluding diaryl/α,β-unsaturated/α-hetero) is 1. The first-order valence-corrected chi connectivity index (χ1v) is 4.46. The highest BCUT2D eigenvalue weighted by atomic mass is 16.1. The number of nitrogens with zero attached hydrogens (tertiary/aromatic N) is 2. The Bertz CT molecular complexity index is 280. The summed E-state index contributed by atoms with van der Waals surface area (Å²) in [5.74, 6) is 0.637. The quantitative estimate of drug-likeness (QED) is 0.538. The zero-order valence-corrected chi connectivity index (χ0v) is 7.86. The summed E-state index contributed by atoms with van der Waals surface area (Å²) < 4.78 is 1.74. The van der Waals surface area contributed by atoms with Gasteiger partial charge in [0.15, 0.2) is 11.6 Å². The predicted molar refractivity (Wildman–Crippen MR) is 50.4 cm³/mol. The third-order valence-electron chi connectivity index (χ3n) is 1.93. The summed E-state index contributed by atoms with van der Waals surface area (Å²) >= 11 is 0. The number of aryl methyl sites for hydroxylation is 1. The molecule has 13 heavy (non-hydrogen) atoms. The summed E-state index contributed by atoms with van der Waals surface area (Å²) in [7, 11) is 1.82. The first-order chi connectivity index (χ1) is 6.25. The molecule has 1 aromatic heterocycles. The molecule has 0 aliphatic heterocycles. The molecule has 1 aromatic rings. The van der Waals surface area contributed by atoms with Gasteiger partial charge >= 0.3 is 0 Å². The highest BCUT2D eigenvalue weighted by molar-refractivity contribution is 5.92. The van der Waals surface area contributed by atoms with Crippen molar-refractivity contribution in [3.8, 4) is 0 Å². The van der Waals surface area contributed by atoms with Gasteiger partial charge in [0.2, 0.25) is 0 Å². The van der Waals surface area contributed by atoms with Gasteiger partial charge in [-0.2, -0.15) is 0 Å². The van der Waals surface area contributed by atoms with Crippen molar-refractivity contribution in [1.29, 1.82) is 0 Å². The van der Waals surface area contributed by atoms with E-state index in [9.17, 15) is 4.79 Å². The van der Waals surface area contributed by atoms with Crippen LogP contribution in [0.1, 0.15) is 29.9 Å². The van der Waals surface area contributed by atoms with Crippen LogP contribution in [-0.2, 0) is 7.05 Å². The van der Waals surface area contributed by atoms with E-state index in [-0.39, 0.29) is 5.78 Å². The van der Waals surface area contributed by atoms with Crippen molar-refractivity contribution in [1.82, 2.24) is 9.55 Å². The van der Waals surface area contributed by atoms with Crippen LogP contribution in [0.2, 0.25) is 0 Å². The van der Waals surface area contributed by atoms with E-state index in [1.807, 2.05) is 7.05 Å². The van der Waals surface area contributed by atoms with Crippen molar-refractivity contribution in [2.24, 2.45) is 12.8 Å². The number of unbranched alkanes of at least 4 members (excludes halogenated alkanes) is 1. The van der Waals surface area contributed by atoms with Crippen LogP contribution in [0.4, 0.5) is 0 Å². The molecule has 0 unspecified atom stereocenters. The molecule has 0 radical (unpaired) electrons. The van der Waals surface area contributed by atoms with Gasteiger partial charge in [-0.05, 0) is 19.4 Å². The van der Waals surface area contributed by atoms with Crippen molar-refractivity contribution < 1.29 is 4.79 Å². The van der Waals surface area contributed by atoms with Gasteiger partial charge < -0.3 is 10.3 Å². The van der Waals surface area contributed by atoms with Gasteiger partial charge in [-0.25, -0.2) is 4.98 Å². The van der Waals surface area contributed by atoms with Crippen LogP contribution in [0.25, 0.3) is 0 Å². The van der Waals surface area contributed by atoms with Gasteiger partial charge in [0, 0.05) is 25.9 Å².